The third kappa shape index (κ3) is 3.20. The highest BCUT2D eigenvalue weighted by molar-refractivity contribution is 7.99. The third-order valence-electron chi connectivity index (χ3n) is 2.06. The lowest BCUT2D eigenvalue weighted by Crippen LogP contribution is -2.39. The first-order valence-corrected chi connectivity index (χ1v) is 5.87. The van der Waals surface area contributed by atoms with E-state index in [1.807, 2.05) is 0 Å². The predicted octanol–water partition coefficient (Wildman–Crippen LogP) is -1.52. The number of carbonyl (C=O) groups is 1. The molecule has 0 spiro atoms. The van der Waals surface area contributed by atoms with Crippen LogP contribution in [0, 0.1) is 0 Å². The van der Waals surface area contributed by atoms with Gasteiger partial charge in [0.25, 0.3) is 0 Å². The minimum atomic E-state index is -1.70. The van der Waals surface area contributed by atoms with Crippen LogP contribution in [0.25, 0.3) is 0 Å². The molecule has 1 rings (SSSR count). The van der Waals surface area contributed by atoms with Gasteiger partial charge in [-0.05, 0) is 6.92 Å². The highest BCUT2D eigenvalue weighted by atomic mass is 32.2. The maximum Gasteiger partial charge on any atom is 0.339 e. The molecular weight excluding hydrogens is 262 g/mol. The van der Waals surface area contributed by atoms with Crippen LogP contribution in [-0.2, 0) is 16.6 Å². The molecule has 9 heteroatoms. The number of hydrogen-bond acceptors (Lipinski definition) is 7. The molecule has 0 radical (unpaired) electrons. The number of aliphatic hydroxyl groups is 1. The number of aromatic nitrogens is 3. The number of esters is 1. The van der Waals surface area contributed by atoms with Crippen LogP contribution in [0.1, 0.15) is 6.92 Å². The Kier molecular flexibility index (Phi) is 4.30. The minimum absolute atomic E-state index is 0.0635. The third-order valence-corrected chi connectivity index (χ3v) is 3.38. The molecule has 0 fully saturated rings. The molecule has 1 heterocycles. The van der Waals surface area contributed by atoms with E-state index in [0.29, 0.717) is 0 Å². The van der Waals surface area contributed by atoms with E-state index in [9.17, 15) is 19.5 Å². The molecular formula is C9H13N3O5S. The van der Waals surface area contributed by atoms with Crippen molar-refractivity contribution in [2.24, 2.45) is 7.05 Å². The lowest BCUT2D eigenvalue weighted by Gasteiger charge is -2.19. The van der Waals surface area contributed by atoms with E-state index in [4.69, 9.17) is 0 Å². The van der Waals surface area contributed by atoms with Crippen molar-refractivity contribution in [3.63, 3.8) is 0 Å². The van der Waals surface area contributed by atoms with Gasteiger partial charge in [0, 0.05) is 12.8 Å². The summed E-state index contributed by atoms with van der Waals surface area (Å²) in [5.41, 5.74) is -3.46. The van der Waals surface area contributed by atoms with E-state index in [-0.39, 0.29) is 10.9 Å². The van der Waals surface area contributed by atoms with E-state index in [2.05, 4.69) is 14.8 Å². The van der Waals surface area contributed by atoms with Gasteiger partial charge in [0.15, 0.2) is 10.8 Å². The second kappa shape index (κ2) is 5.36. The average molecular weight is 275 g/mol. The second-order valence-corrected chi connectivity index (χ2v) is 4.70. The molecule has 1 atom stereocenters. The maximum absolute atomic E-state index is 11.2. The summed E-state index contributed by atoms with van der Waals surface area (Å²) in [4.78, 5) is 36.8. The number of hydrogen-bond donors (Lipinski definition) is 2. The zero-order valence-corrected chi connectivity index (χ0v) is 10.9. The fourth-order valence-corrected chi connectivity index (χ4v) is 1.99. The van der Waals surface area contributed by atoms with Crippen molar-refractivity contribution in [1.82, 2.24) is 14.8 Å². The lowest BCUT2D eigenvalue weighted by atomic mass is 10.1. The van der Waals surface area contributed by atoms with Crippen LogP contribution in [0.4, 0.5) is 0 Å². The highest BCUT2D eigenvalue weighted by Gasteiger charge is 2.32. The van der Waals surface area contributed by atoms with E-state index in [1.165, 1.54) is 18.7 Å². The largest absolute Gasteiger partial charge is 0.467 e. The summed E-state index contributed by atoms with van der Waals surface area (Å²) >= 11 is 0.951. The molecule has 0 aliphatic carbocycles. The van der Waals surface area contributed by atoms with E-state index >= 15 is 0 Å². The van der Waals surface area contributed by atoms with Crippen LogP contribution in [0.15, 0.2) is 14.7 Å². The zero-order valence-electron chi connectivity index (χ0n) is 10.1. The monoisotopic (exact) mass is 275 g/mol. The Balaban J connectivity index is 2.88. The van der Waals surface area contributed by atoms with Crippen LogP contribution < -0.4 is 11.1 Å². The van der Waals surface area contributed by atoms with Crippen molar-refractivity contribution in [3.8, 4) is 0 Å². The molecule has 0 bridgehead atoms. The van der Waals surface area contributed by atoms with Crippen LogP contribution >= 0.6 is 11.8 Å². The molecule has 0 aromatic carbocycles. The molecule has 0 aliphatic heterocycles. The number of aromatic amines is 1. The number of ether oxygens (including phenoxy) is 1. The maximum atomic E-state index is 11.2. The predicted molar refractivity (Wildman–Crippen MR) is 63.5 cm³/mol. The molecule has 1 aromatic rings. The number of thioether (sulfide) groups is 1. The Bertz CT molecular complexity index is 562. The van der Waals surface area contributed by atoms with Gasteiger partial charge in [-0.1, -0.05) is 11.8 Å². The number of rotatable bonds is 4. The average Bonchev–Trinajstić information content (AvgIpc) is 2.31. The molecule has 0 saturated heterocycles. The molecule has 8 nitrogen and oxygen atoms in total. The summed E-state index contributed by atoms with van der Waals surface area (Å²) in [6.07, 6.45) is 0. The number of H-pyrrole nitrogens is 1. The summed E-state index contributed by atoms with van der Waals surface area (Å²) < 4.78 is 5.67. The highest BCUT2D eigenvalue weighted by Crippen LogP contribution is 2.19. The molecule has 1 aromatic heterocycles. The molecule has 100 valence electrons. The Labute approximate surface area is 106 Å². The summed E-state index contributed by atoms with van der Waals surface area (Å²) in [6, 6.07) is 0. The molecule has 0 amide bonds. The SMILES string of the molecule is COC(=O)C(C)(O)CSc1nc(=O)c(=O)[nH]n1C. The van der Waals surface area contributed by atoms with Gasteiger partial charge < -0.3 is 9.84 Å². The summed E-state index contributed by atoms with van der Waals surface area (Å²) in [7, 11) is 2.65. The van der Waals surface area contributed by atoms with E-state index in [1.54, 1.807) is 0 Å². The summed E-state index contributed by atoms with van der Waals surface area (Å²) in [5, 5.41) is 12.2. The van der Waals surface area contributed by atoms with Crippen molar-refractivity contribution >= 4 is 17.7 Å². The van der Waals surface area contributed by atoms with Crippen molar-refractivity contribution in [1.29, 1.82) is 0 Å². The van der Waals surface area contributed by atoms with Gasteiger partial charge in [-0.25, -0.2) is 4.79 Å². The van der Waals surface area contributed by atoms with Gasteiger partial charge in [0.05, 0.1) is 7.11 Å². The first-order valence-electron chi connectivity index (χ1n) is 4.89. The smallest absolute Gasteiger partial charge is 0.339 e. The zero-order chi connectivity index (χ0) is 13.9. The van der Waals surface area contributed by atoms with Gasteiger partial charge in [-0.3, -0.25) is 19.4 Å². The molecule has 2 N–H and O–H groups in total. The normalized spacial score (nSPS) is 14.0. The second-order valence-electron chi connectivity index (χ2n) is 3.75. The number of methoxy groups -OCH3 is 1. The molecule has 18 heavy (non-hydrogen) atoms. The van der Waals surface area contributed by atoms with Gasteiger partial charge in [0.2, 0.25) is 0 Å². The first kappa shape index (κ1) is 14.5. The molecule has 0 aliphatic rings. The van der Waals surface area contributed by atoms with Crippen molar-refractivity contribution in [2.45, 2.75) is 17.7 Å². The van der Waals surface area contributed by atoms with Crippen LogP contribution in [0.2, 0.25) is 0 Å². The summed E-state index contributed by atoms with van der Waals surface area (Å²) in [5.74, 6) is -0.851. The summed E-state index contributed by atoms with van der Waals surface area (Å²) in [6.45, 7) is 1.29. The van der Waals surface area contributed by atoms with Gasteiger partial charge >= 0.3 is 17.1 Å². The number of carbonyl (C=O) groups excluding carboxylic acids is 1. The Hall–Kier alpha value is -1.61. The van der Waals surface area contributed by atoms with Gasteiger partial charge in [0.1, 0.15) is 0 Å². The van der Waals surface area contributed by atoms with E-state index in [0.717, 1.165) is 18.9 Å². The van der Waals surface area contributed by atoms with Crippen molar-refractivity contribution in [3.05, 3.63) is 20.7 Å². The van der Waals surface area contributed by atoms with Crippen LogP contribution in [0.5, 0.6) is 0 Å². The standard InChI is InChI=1S/C9H13N3O5S/c1-9(16,7(15)17-3)4-18-8-10-5(13)6(14)11-12(8)2/h16H,4H2,1-3H3,(H,11,14). The lowest BCUT2D eigenvalue weighted by molar-refractivity contribution is -0.158. The first-order chi connectivity index (χ1) is 8.27. The Morgan fingerprint density at radius 1 is 1.61 bits per heavy atom. The van der Waals surface area contributed by atoms with Crippen molar-refractivity contribution < 1.29 is 14.6 Å². The number of nitrogens with one attached hydrogen (secondary N) is 1. The fraction of sp³-hybridized carbons (Fsp3) is 0.556. The Morgan fingerprint density at radius 3 is 2.78 bits per heavy atom. The van der Waals surface area contributed by atoms with Gasteiger partial charge in [-0.2, -0.15) is 4.98 Å². The molecule has 0 saturated carbocycles. The Morgan fingerprint density at radius 2 is 2.22 bits per heavy atom. The topological polar surface area (TPSA) is 114 Å². The minimum Gasteiger partial charge on any atom is -0.467 e. The quantitative estimate of drug-likeness (QED) is 0.390. The van der Waals surface area contributed by atoms with Crippen LogP contribution in [-0.4, -0.2) is 44.3 Å². The fourth-order valence-electron chi connectivity index (χ4n) is 1.07. The number of nitrogens with zero attached hydrogens (tertiary/aromatic N) is 2. The number of aryl methyl sites for hydroxylation is 1. The van der Waals surface area contributed by atoms with E-state index < -0.39 is 22.7 Å². The molecule has 1 unspecified atom stereocenters. The van der Waals surface area contributed by atoms with Gasteiger partial charge in [-0.15, -0.1) is 0 Å². The van der Waals surface area contributed by atoms with Crippen molar-refractivity contribution in [2.75, 3.05) is 12.9 Å². The van der Waals surface area contributed by atoms with Crippen LogP contribution in [0.3, 0.4) is 0 Å².